The van der Waals surface area contributed by atoms with Crippen molar-refractivity contribution in [1.82, 2.24) is 0 Å². The number of benzene rings is 1. The Morgan fingerprint density at radius 2 is 1.95 bits per heavy atom. The SMILES string of the molecule is C=Cc1cc(C(C)CC(C)C)ccc1NS(C)(=O)=O. The summed E-state index contributed by atoms with van der Waals surface area (Å²) in [5.74, 6) is 1.09. The lowest BCUT2D eigenvalue weighted by molar-refractivity contribution is 0.524. The highest BCUT2D eigenvalue weighted by molar-refractivity contribution is 7.92. The van der Waals surface area contributed by atoms with Gasteiger partial charge in [-0.3, -0.25) is 4.72 Å². The molecule has 0 aromatic heterocycles. The second kappa shape index (κ2) is 6.24. The van der Waals surface area contributed by atoms with Crippen molar-refractivity contribution >= 4 is 21.8 Å². The van der Waals surface area contributed by atoms with Crippen LogP contribution in [0.1, 0.15) is 44.2 Å². The summed E-state index contributed by atoms with van der Waals surface area (Å²) in [6, 6.07) is 5.80. The third kappa shape index (κ3) is 5.07. The highest BCUT2D eigenvalue weighted by Gasteiger charge is 2.11. The van der Waals surface area contributed by atoms with Gasteiger partial charge in [-0.15, -0.1) is 0 Å². The Morgan fingerprint density at radius 1 is 1.32 bits per heavy atom. The number of nitrogens with one attached hydrogen (secondary N) is 1. The highest BCUT2D eigenvalue weighted by Crippen LogP contribution is 2.28. The van der Waals surface area contributed by atoms with Crippen LogP contribution in [-0.4, -0.2) is 14.7 Å². The Labute approximate surface area is 116 Å². The predicted molar refractivity (Wildman–Crippen MR) is 82.9 cm³/mol. The molecule has 0 spiro atoms. The fourth-order valence-electron chi connectivity index (χ4n) is 2.19. The summed E-state index contributed by atoms with van der Waals surface area (Å²) >= 11 is 0. The molecule has 1 aromatic rings. The van der Waals surface area contributed by atoms with E-state index in [0.717, 1.165) is 18.2 Å². The summed E-state index contributed by atoms with van der Waals surface area (Å²) in [7, 11) is -3.26. The van der Waals surface area contributed by atoms with E-state index in [0.29, 0.717) is 17.5 Å². The smallest absolute Gasteiger partial charge is 0.229 e. The number of rotatable bonds is 6. The van der Waals surface area contributed by atoms with Crippen molar-refractivity contribution in [1.29, 1.82) is 0 Å². The maximum Gasteiger partial charge on any atom is 0.229 e. The van der Waals surface area contributed by atoms with E-state index in [1.165, 1.54) is 5.56 Å². The molecule has 0 saturated heterocycles. The molecule has 1 rings (SSSR count). The Kier molecular flexibility index (Phi) is 5.18. The Bertz CT molecular complexity index is 547. The molecule has 0 bridgehead atoms. The third-order valence-corrected chi connectivity index (χ3v) is 3.58. The van der Waals surface area contributed by atoms with Crippen molar-refractivity contribution in [3.05, 3.63) is 35.9 Å². The molecule has 4 heteroatoms. The lowest BCUT2D eigenvalue weighted by Crippen LogP contribution is -2.11. The number of anilines is 1. The second-order valence-electron chi connectivity index (χ2n) is 5.46. The zero-order chi connectivity index (χ0) is 14.6. The van der Waals surface area contributed by atoms with Crippen molar-refractivity contribution in [3.63, 3.8) is 0 Å². The molecule has 0 fully saturated rings. The zero-order valence-electron chi connectivity index (χ0n) is 12.1. The molecule has 0 aliphatic heterocycles. The standard InChI is InChI=1S/C15H23NO2S/c1-6-13-10-14(12(4)9-11(2)3)7-8-15(13)16-19(5,17)18/h6-8,10-12,16H,1,9H2,2-5H3. The molecule has 106 valence electrons. The van der Waals surface area contributed by atoms with Crippen LogP contribution >= 0.6 is 0 Å². The van der Waals surface area contributed by atoms with Crippen LogP contribution in [0.2, 0.25) is 0 Å². The fraction of sp³-hybridized carbons (Fsp3) is 0.467. The zero-order valence-corrected chi connectivity index (χ0v) is 12.9. The van der Waals surface area contributed by atoms with Gasteiger partial charge in [0.2, 0.25) is 10.0 Å². The monoisotopic (exact) mass is 281 g/mol. The molecule has 0 saturated carbocycles. The van der Waals surface area contributed by atoms with Gasteiger partial charge in [-0.2, -0.15) is 0 Å². The van der Waals surface area contributed by atoms with E-state index in [-0.39, 0.29) is 0 Å². The van der Waals surface area contributed by atoms with E-state index in [1.54, 1.807) is 6.08 Å². The van der Waals surface area contributed by atoms with Crippen molar-refractivity contribution in [3.8, 4) is 0 Å². The molecule has 0 radical (unpaired) electrons. The number of sulfonamides is 1. The maximum atomic E-state index is 11.3. The van der Waals surface area contributed by atoms with Crippen LogP contribution in [-0.2, 0) is 10.0 Å². The summed E-state index contributed by atoms with van der Waals surface area (Å²) in [5, 5.41) is 0. The molecule has 0 aliphatic rings. The van der Waals surface area contributed by atoms with Gasteiger partial charge in [-0.25, -0.2) is 8.42 Å². The first-order valence-electron chi connectivity index (χ1n) is 6.47. The predicted octanol–water partition coefficient (Wildman–Crippen LogP) is 3.85. The van der Waals surface area contributed by atoms with Crippen LogP contribution in [0.3, 0.4) is 0 Å². The summed E-state index contributed by atoms with van der Waals surface area (Å²) in [5.41, 5.74) is 2.61. The van der Waals surface area contributed by atoms with Crippen molar-refractivity contribution in [2.75, 3.05) is 11.0 Å². The third-order valence-electron chi connectivity index (χ3n) is 2.98. The minimum atomic E-state index is -3.26. The average molecular weight is 281 g/mol. The van der Waals surface area contributed by atoms with E-state index in [4.69, 9.17) is 0 Å². The first-order chi connectivity index (χ1) is 8.73. The van der Waals surface area contributed by atoms with Crippen molar-refractivity contribution in [2.24, 2.45) is 5.92 Å². The summed E-state index contributed by atoms with van der Waals surface area (Å²) < 4.78 is 25.1. The number of hydrogen-bond acceptors (Lipinski definition) is 2. The van der Waals surface area contributed by atoms with Gasteiger partial charge >= 0.3 is 0 Å². The first kappa shape index (κ1) is 15.8. The van der Waals surface area contributed by atoms with Gasteiger partial charge in [-0.05, 0) is 41.5 Å². The second-order valence-corrected chi connectivity index (χ2v) is 7.20. The van der Waals surface area contributed by atoms with Gasteiger partial charge in [0.1, 0.15) is 0 Å². The van der Waals surface area contributed by atoms with Crippen LogP contribution in [0, 0.1) is 5.92 Å². The van der Waals surface area contributed by atoms with E-state index >= 15 is 0 Å². The lowest BCUT2D eigenvalue weighted by atomic mass is 9.91. The molecule has 1 atom stereocenters. The average Bonchev–Trinajstić information content (AvgIpc) is 2.26. The van der Waals surface area contributed by atoms with E-state index in [1.807, 2.05) is 18.2 Å². The van der Waals surface area contributed by atoms with Gasteiger partial charge in [0.25, 0.3) is 0 Å². The minimum Gasteiger partial charge on any atom is -0.283 e. The van der Waals surface area contributed by atoms with Crippen LogP contribution in [0.5, 0.6) is 0 Å². The quantitative estimate of drug-likeness (QED) is 0.861. The van der Waals surface area contributed by atoms with E-state index in [9.17, 15) is 8.42 Å². The first-order valence-corrected chi connectivity index (χ1v) is 8.36. The Hall–Kier alpha value is -1.29. The van der Waals surface area contributed by atoms with Gasteiger partial charge in [0, 0.05) is 0 Å². The molecule has 0 amide bonds. The van der Waals surface area contributed by atoms with Gasteiger partial charge in [0.05, 0.1) is 11.9 Å². The van der Waals surface area contributed by atoms with Crippen LogP contribution in [0.25, 0.3) is 6.08 Å². The largest absolute Gasteiger partial charge is 0.283 e. The van der Waals surface area contributed by atoms with Crippen molar-refractivity contribution < 1.29 is 8.42 Å². The fourth-order valence-corrected chi connectivity index (χ4v) is 2.78. The summed E-state index contributed by atoms with van der Waals surface area (Å²) in [6.45, 7) is 10.3. The van der Waals surface area contributed by atoms with Gasteiger partial charge < -0.3 is 0 Å². The molecular weight excluding hydrogens is 258 g/mol. The molecule has 1 N–H and O–H groups in total. The number of hydrogen-bond donors (Lipinski definition) is 1. The molecule has 1 unspecified atom stereocenters. The van der Waals surface area contributed by atoms with Gasteiger partial charge in [0.15, 0.2) is 0 Å². The molecule has 3 nitrogen and oxygen atoms in total. The normalized spacial score (nSPS) is 13.3. The highest BCUT2D eigenvalue weighted by atomic mass is 32.2. The van der Waals surface area contributed by atoms with Crippen LogP contribution < -0.4 is 4.72 Å². The van der Waals surface area contributed by atoms with E-state index < -0.39 is 10.0 Å². The summed E-state index contributed by atoms with van der Waals surface area (Å²) in [4.78, 5) is 0. The molecule has 0 aliphatic carbocycles. The molecule has 1 aromatic carbocycles. The Balaban J connectivity index is 3.05. The Morgan fingerprint density at radius 3 is 2.42 bits per heavy atom. The summed E-state index contributed by atoms with van der Waals surface area (Å²) in [6.07, 6.45) is 3.93. The minimum absolute atomic E-state index is 0.450. The van der Waals surface area contributed by atoms with Crippen LogP contribution in [0.15, 0.2) is 24.8 Å². The lowest BCUT2D eigenvalue weighted by Gasteiger charge is -2.16. The van der Waals surface area contributed by atoms with Crippen molar-refractivity contribution in [2.45, 2.75) is 33.1 Å². The topological polar surface area (TPSA) is 46.2 Å². The van der Waals surface area contributed by atoms with E-state index in [2.05, 4.69) is 32.1 Å². The van der Waals surface area contributed by atoms with Crippen LogP contribution in [0.4, 0.5) is 5.69 Å². The molecule has 19 heavy (non-hydrogen) atoms. The van der Waals surface area contributed by atoms with Gasteiger partial charge in [-0.1, -0.05) is 39.5 Å². The molecular formula is C15H23NO2S. The maximum absolute atomic E-state index is 11.3. The molecule has 0 heterocycles.